The predicted octanol–water partition coefficient (Wildman–Crippen LogP) is 4.68. The minimum atomic E-state index is 0.0216. The van der Waals surface area contributed by atoms with E-state index in [1.807, 2.05) is 43.3 Å². The van der Waals surface area contributed by atoms with Crippen molar-refractivity contribution >= 4 is 29.1 Å². The second kappa shape index (κ2) is 9.55. The van der Waals surface area contributed by atoms with Crippen molar-refractivity contribution in [3.63, 3.8) is 0 Å². The van der Waals surface area contributed by atoms with E-state index < -0.39 is 0 Å². The molecule has 128 valence electrons. The molecule has 2 rings (SSSR count). The number of aryl methyl sites for hydroxylation is 1. The molecule has 1 amide bonds. The smallest absolute Gasteiger partial charge is 0.224 e. The van der Waals surface area contributed by atoms with E-state index in [0.717, 1.165) is 29.7 Å². The van der Waals surface area contributed by atoms with Crippen molar-refractivity contribution in [2.24, 2.45) is 0 Å². The number of carbonyl (C=O) groups excluding carboxylic acids is 1. The Kier molecular flexibility index (Phi) is 7.41. The van der Waals surface area contributed by atoms with Crippen LogP contribution in [0.2, 0.25) is 10.0 Å². The summed E-state index contributed by atoms with van der Waals surface area (Å²) in [5.74, 6) is 0.844. The first kappa shape index (κ1) is 18.6. The molecule has 24 heavy (non-hydrogen) atoms. The Morgan fingerprint density at radius 3 is 2.42 bits per heavy atom. The predicted molar refractivity (Wildman–Crippen MR) is 99.1 cm³/mol. The summed E-state index contributed by atoms with van der Waals surface area (Å²) in [4.78, 5) is 12.0. The maximum Gasteiger partial charge on any atom is 0.224 e. The van der Waals surface area contributed by atoms with Gasteiger partial charge in [-0.05, 0) is 55.2 Å². The average molecular weight is 366 g/mol. The van der Waals surface area contributed by atoms with Crippen LogP contribution in [0.1, 0.15) is 24.5 Å². The lowest BCUT2D eigenvalue weighted by Crippen LogP contribution is -2.26. The standard InChI is InChI=1S/C19H21Cl2NO2/c1-2-24-16-8-5-15(6-9-16)13-19(23)22-11-3-4-14-7-10-17(20)18(21)12-14/h5-10,12H,2-4,11,13H2,1H3,(H,22,23). The highest BCUT2D eigenvalue weighted by Gasteiger charge is 2.04. The first-order chi connectivity index (χ1) is 11.6. The van der Waals surface area contributed by atoms with Gasteiger partial charge in [0, 0.05) is 6.54 Å². The number of hydrogen-bond donors (Lipinski definition) is 1. The van der Waals surface area contributed by atoms with Crippen molar-refractivity contribution in [3.05, 3.63) is 63.6 Å². The average Bonchev–Trinajstić information content (AvgIpc) is 2.57. The molecule has 0 atom stereocenters. The number of carbonyl (C=O) groups is 1. The summed E-state index contributed by atoms with van der Waals surface area (Å²) in [7, 11) is 0. The van der Waals surface area contributed by atoms with E-state index >= 15 is 0 Å². The molecular weight excluding hydrogens is 345 g/mol. The van der Waals surface area contributed by atoms with Gasteiger partial charge in [0.1, 0.15) is 5.75 Å². The van der Waals surface area contributed by atoms with Gasteiger partial charge in [-0.1, -0.05) is 41.4 Å². The normalized spacial score (nSPS) is 10.5. The molecule has 2 aromatic carbocycles. The Bertz CT molecular complexity index is 672. The van der Waals surface area contributed by atoms with Gasteiger partial charge < -0.3 is 10.1 Å². The molecule has 1 N–H and O–H groups in total. The van der Waals surface area contributed by atoms with Gasteiger partial charge in [-0.15, -0.1) is 0 Å². The van der Waals surface area contributed by atoms with Gasteiger partial charge in [0.15, 0.2) is 0 Å². The molecule has 0 aliphatic heterocycles. The SMILES string of the molecule is CCOc1ccc(CC(=O)NCCCc2ccc(Cl)c(Cl)c2)cc1. The van der Waals surface area contributed by atoms with Gasteiger partial charge in [0.2, 0.25) is 5.91 Å². The van der Waals surface area contributed by atoms with Crippen LogP contribution in [-0.4, -0.2) is 19.1 Å². The molecule has 2 aromatic rings. The van der Waals surface area contributed by atoms with Gasteiger partial charge >= 0.3 is 0 Å². The summed E-state index contributed by atoms with van der Waals surface area (Å²) in [5, 5.41) is 4.06. The van der Waals surface area contributed by atoms with Gasteiger partial charge in [0.05, 0.1) is 23.1 Å². The molecule has 0 fully saturated rings. The van der Waals surface area contributed by atoms with Gasteiger partial charge in [0.25, 0.3) is 0 Å². The van der Waals surface area contributed by atoms with Gasteiger partial charge in [-0.2, -0.15) is 0 Å². The number of halogens is 2. The maximum absolute atomic E-state index is 12.0. The van der Waals surface area contributed by atoms with E-state index in [0.29, 0.717) is 29.6 Å². The van der Waals surface area contributed by atoms with Crippen LogP contribution in [0.25, 0.3) is 0 Å². The fourth-order valence-corrected chi connectivity index (χ4v) is 2.65. The maximum atomic E-state index is 12.0. The molecule has 0 bridgehead atoms. The fraction of sp³-hybridized carbons (Fsp3) is 0.316. The van der Waals surface area contributed by atoms with Crippen LogP contribution in [0.15, 0.2) is 42.5 Å². The molecule has 0 unspecified atom stereocenters. The third kappa shape index (κ3) is 6.06. The molecule has 0 saturated heterocycles. The van der Waals surface area contributed by atoms with Crippen molar-refractivity contribution in [2.75, 3.05) is 13.2 Å². The van der Waals surface area contributed by atoms with Crippen LogP contribution in [0, 0.1) is 0 Å². The van der Waals surface area contributed by atoms with E-state index in [1.54, 1.807) is 6.07 Å². The minimum absolute atomic E-state index is 0.0216. The number of amides is 1. The zero-order valence-electron chi connectivity index (χ0n) is 13.6. The minimum Gasteiger partial charge on any atom is -0.494 e. The summed E-state index contributed by atoms with van der Waals surface area (Å²) in [6.45, 7) is 3.22. The Balaban J connectivity index is 1.70. The second-order valence-corrected chi connectivity index (χ2v) is 6.27. The fourth-order valence-electron chi connectivity index (χ4n) is 2.33. The highest BCUT2D eigenvalue weighted by atomic mass is 35.5. The molecule has 0 heterocycles. The first-order valence-electron chi connectivity index (χ1n) is 8.01. The Labute approximate surface area is 152 Å². The summed E-state index contributed by atoms with van der Waals surface area (Å²) in [5.41, 5.74) is 2.09. The van der Waals surface area contributed by atoms with Crippen LogP contribution in [0.4, 0.5) is 0 Å². The van der Waals surface area contributed by atoms with Crippen molar-refractivity contribution < 1.29 is 9.53 Å². The Morgan fingerprint density at radius 1 is 1.04 bits per heavy atom. The molecular formula is C19H21Cl2NO2. The molecule has 0 saturated carbocycles. The Hall–Kier alpha value is -1.71. The van der Waals surface area contributed by atoms with Crippen LogP contribution < -0.4 is 10.1 Å². The lowest BCUT2D eigenvalue weighted by atomic mass is 10.1. The summed E-state index contributed by atoms with van der Waals surface area (Å²) >= 11 is 11.9. The number of rotatable bonds is 8. The monoisotopic (exact) mass is 365 g/mol. The molecule has 0 aliphatic carbocycles. The van der Waals surface area contributed by atoms with Gasteiger partial charge in [-0.25, -0.2) is 0 Å². The van der Waals surface area contributed by atoms with Crippen molar-refractivity contribution in [2.45, 2.75) is 26.2 Å². The quantitative estimate of drug-likeness (QED) is 0.689. The van der Waals surface area contributed by atoms with E-state index in [-0.39, 0.29) is 5.91 Å². The number of ether oxygens (including phenoxy) is 1. The Morgan fingerprint density at radius 2 is 1.75 bits per heavy atom. The molecule has 3 nitrogen and oxygen atoms in total. The lowest BCUT2D eigenvalue weighted by Gasteiger charge is -2.07. The summed E-state index contributed by atoms with van der Waals surface area (Å²) in [6, 6.07) is 13.2. The number of benzene rings is 2. The summed E-state index contributed by atoms with van der Waals surface area (Å²) in [6.07, 6.45) is 2.08. The molecule has 0 aromatic heterocycles. The van der Waals surface area contributed by atoms with Crippen LogP contribution in [-0.2, 0) is 17.6 Å². The van der Waals surface area contributed by atoms with Gasteiger partial charge in [-0.3, -0.25) is 4.79 Å². The number of nitrogens with one attached hydrogen (secondary N) is 1. The lowest BCUT2D eigenvalue weighted by molar-refractivity contribution is -0.120. The number of hydrogen-bond acceptors (Lipinski definition) is 2. The highest BCUT2D eigenvalue weighted by molar-refractivity contribution is 6.42. The van der Waals surface area contributed by atoms with E-state index in [4.69, 9.17) is 27.9 Å². The second-order valence-electron chi connectivity index (χ2n) is 5.46. The zero-order valence-corrected chi connectivity index (χ0v) is 15.2. The molecule has 5 heteroatoms. The largest absolute Gasteiger partial charge is 0.494 e. The van der Waals surface area contributed by atoms with E-state index in [1.165, 1.54) is 0 Å². The van der Waals surface area contributed by atoms with E-state index in [2.05, 4.69) is 5.32 Å². The van der Waals surface area contributed by atoms with Crippen LogP contribution >= 0.6 is 23.2 Å². The third-order valence-corrected chi connectivity index (χ3v) is 4.29. The summed E-state index contributed by atoms with van der Waals surface area (Å²) < 4.78 is 5.38. The highest BCUT2D eigenvalue weighted by Crippen LogP contribution is 2.23. The third-order valence-electron chi connectivity index (χ3n) is 3.55. The van der Waals surface area contributed by atoms with E-state index in [9.17, 15) is 4.79 Å². The zero-order chi connectivity index (χ0) is 17.4. The van der Waals surface area contributed by atoms with Crippen molar-refractivity contribution in [1.29, 1.82) is 0 Å². The van der Waals surface area contributed by atoms with Crippen molar-refractivity contribution in [3.8, 4) is 5.75 Å². The van der Waals surface area contributed by atoms with Crippen molar-refractivity contribution in [1.82, 2.24) is 5.32 Å². The molecule has 0 aliphatic rings. The molecule has 0 spiro atoms. The molecule has 0 radical (unpaired) electrons. The van der Waals surface area contributed by atoms with Crippen LogP contribution in [0.3, 0.4) is 0 Å². The van der Waals surface area contributed by atoms with Crippen LogP contribution in [0.5, 0.6) is 5.75 Å². The first-order valence-corrected chi connectivity index (χ1v) is 8.76. The topological polar surface area (TPSA) is 38.3 Å².